The molecule has 4 N–H and O–H groups in total. The predicted molar refractivity (Wildman–Crippen MR) is 102 cm³/mol. The first kappa shape index (κ1) is 19.6. The molecule has 25 heavy (non-hydrogen) atoms. The maximum absolute atomic E-state index is 12.6. The number of rotatable bonds is 6. The summed E-state index contributed by atoms with van der Waals surface area (Å²) >= 11 is 5.36. The zero-order valence-electron chi connectivity index (χ0n) is 14.9. The Balaban J connectivity index is 1.96. The molecule has 1 aromatic carbocycles. The Hall–Kier alpha value is -1.70. The molecule has 1 saturated heterocycles. The van der Waals surface area contributed by atoms with Crippen molar-refractivity contribution in [1.82, 2.24) is 10.6 Å². The summed E-state index contributed by atoms with van der Waals surface area (Å²) in [5, 5.41) is 19.2. The summed E-state index contributed by atoms with van der Waals surface area (Å²) in [5.74, 6) is 0.131. The Bertz CT molecular complexity index is 609. The van der Waals surface area contributed by atoms with Crippen LogP contribution in [0, 0.1) is 12.8 Å². The molecule has 0 aliphatic carbocycles. The van der Waals surface area contributed by atoms with Gasteiger partial charge in [0.25, 0.3) is 0 Å². The van der Waals surface area contributed by atoms with Gasteiger partial charge in [0, 0.05) is 5.69 Å². The molecule has 2 rings (SSSR count). The number of nitrogens with one attached hydrogen (secondary N) is 3. The SMILES string of the molecule is Cc1cccc(NC(=S)N[C@@H](CC(C)C)C(=O)N[C@H]2CCOC2O)c1. The summed E-state index contributed by atoms with van der Waals surface area (Å²) in [6.45, 7) is 6.55. The molecule has 1 heterocycles. The smallest absolute Gasteiger partial charge is 0.242 e. The van der Waals surface area contributed by atoms with Crippen LogP contribution in [0.3, 0.4) is 0 Å². The number of hydrogen-bond donors (Lipinski definition) is 4. The maximum atomic E-state index is 12.6. The average Bonchev–Trinajstić information content (AvgIpc) is 2.91. The third-order valence-electron chi connectivity index (χ3n) is 3.99. The number of aryl methyl sites for hydroxylation is 1. The lowest BCUT2D eigenvalue weighted by atomic mass is 10.0. The van der Waals surface area contributed by atoms with Gasteiger partial charge in [0.05, 0.1) is 12.6 Å². The van der Waals surface area contributed by atoms with Crippen LogP contribution in [0.5, 0.6) is 0 Å². The fourth-order valence-corrected chi connectivity index (χ4v) is 3.01. The number of ether oxygens (including phenoxy) is 1. The van der Waals surface area contributed by atoms with Crippen molar-refractivity contribution in [2.75, 3.05) is 11.9 Å². The summed E-state index contributed by atoms with van der Waals surface area (Å²) in [5.41, 5.74) is 2.00. The Morgan fingerprint density at radius 1 is 1.44 bits per heavy atom. The molecular formula is C18H27N3O3S. The summed E-state index contributed by atoms with van der Waals surface area (Å²) in [6, 6.07) is 7.01. The zero-order chi connectivity index (χ0) is 18.4. The molecule has 3 atom stereocenters. The van der Waals surface area contributed by atoms with Gasteiger partial charge in [-0.2, -0.15) is 0 Å². The number of benzene rings is 1. The van der Waals surface area contributed by atoms with E-state index in [1.165, 1.54) is 0 Å². The number of carbonyl (C=O) groups excluding carboxylic acids is 1. The average molecular weight is 365 g/mol. The van der Waals surface area contributed by atoms with Gasteiger partial charge >= 0.3 is 0 Å². The first-order valence-corrected chi connectivity index (χ1v) is 9.00. The largest absolute Gasteiger partial charge is 0.366 e. The quantitative estimate of drug-likeness (QED) is 0.577. The van der Waals surface area contributed by atoms with E-state index >= 15 is 0 Å². The van der Waals surface area contributed by atoms with Crippen LogP contribution in [0.25, 0.3) is 0 Å². The van der Waals surface area contributed by atoms with Crippen molar-refractivity contribution >= 4 is 28.9 Å². The second kappa shape index (κ2) is 9.12. The van der Waals surface area contributed by atoms with Gasteiger partial charge in [-0.1, -0.05) is 26.0 Å². The molecule has 0 saturated carbocycles. The molecule has 0 aromatic heterocycles. The Labute approximate surface area is 154 Å². The summed E-state index contributed by atoms with van der Waals surface area (Å²) < 4.78 is 5.08. The van der Waals surface area contributed by atoms with E-state index in [1.54, 1.807) is 0 Å². The Kier molecular flexibility index (Phi) is 7.16. The normalized spacial score (nSPS) is 21.0. The lowest BCUT2D eigenvalue weighted by molar-refractivity contribution is -0.127. The molecule has 1 aliphatic heterocycles. The van der Waals surface area contributed by atoms with Gasteiger partial charge in [-0.25, -0.2) is 0 Å². The van der Waals surface area contributed by atoms with Crippen molar-refractivity contribution in [2.24, 2.45) is 5.92 Å². The topological polar surface area (TPSA) is 82.6 Å². The molecule has 0 bridgehead atoms. The highest BCUT2D eigenvalue weighted by molar-refractivity contribution is 7.80. The zero-order valence-corrected chi connectivity index (χ0v) is 15.7. The minimum atomic E-state index is -0.943. The van der Waals surface area contributed by atoms with Crippen molar-refractivity contribution < 1.29 is 14.6 Å². The Morgan fingerprint density at radius 2 is 2.20 bits per heavy atom. The van der Waals surface area contributed by atoms with Crippen LogP contribution in [0.4, 0.5) is 5.69 Å². The van der Waals surface area contributed by atoms with E-state index in [4.69, 9.17) is 17.0 Å². The number of aliphatic hydroxyl groups is 1. The molecule has 7 heteroatoms. The van der Waals surface area contributed by atoms with Crippen LogP contribution in [0.2, 0.25) is 0 Å². The molecule has 1 unspecified atom stereocenters. The number of anilines is 1. The minimum absolute atomic E-state index is 0.184. The van der Waals surface area contributed by atoms with E-state index in [-0.39, 0.29) is 11.9 Å². The fourth-order valence-electron chi connectivity index (χ4n) is 2.75. The number of hydrogen-bond acceptors (Lipinski definition) is 4. The highest BCUT2D eigenvalue weighted by atomic mass is 32.1. The molecule has 1 fully saturated rings. The number of amides is 1. The van der Waals surface area contributed by atoms with Crippen molar-refractivity contribution in [3.63, 3.8) is 0 Å². The van der Waals surface area contributed by atoms with E-state index in [2.05, 4.69) is 16.0 Å². The van der Waals surface area contributed by atoms with E-state index in [0.717, 1.165) is 11.3 Å². The molecule has 1 aromatic rings. The highest BCUT2D eigenvalue weighted by Gasteiger charge is 2.30. The van der Waals surface area contributed by atoms with Crippen LogP contribution in [0.15, 0.2) is 24.3 Å². The third kappa shape index (κ3) is 6.26. The van der Waals surface area contributed by atoms with Crippen LogP contribution in [-0.4, -0.2) is 41.1 Å². The monoisotopic (exact) mass is 365 g/mol. The summed E-state index contributed by atoms with van der Waals surface area (Å²) in [4.78, 5) is 12.6. The van der Waals surface area contributed by atoms with E-state index in [0.29, 0.717) is 30.5 Å². The fraction of sp³-hybridized carbons (Fsp3) is 0.556. The minimum Gasteiger partial charge on any atom is -0.366 e. The van der Waals surface area contributed by atoms with Crippen LogP contribution in [-0.2, 0) is 9.53 Å². The van der Waals surface area contributed by atoms with Gasteiger partial charge in [0.1, 0.15) is 6.04 Å². The van der Waals surface area contributed by atoms with Gasteiger partial charge in [-0.15, -0.1) is 0 Å². The van der Waals surface area contributed by atoms with Gasteiger partial charge in [-0.05, 0) is 55.6 Å². The van der Waals surface area contributed by atoms with Crippen molar-refractivity contribution in [3.05, 3.63) is 29.8 Å². The van der Waals surface area contributed by atoms with Gasteiger partial charge in [-0.3, -0.25) is 4.79 Å². The Morgan fingerprint density at radius 3 is 2.80 bits per heavy atom. The summed E-state index contributed by atoms with van der Waals surface area (Å²) in [7, 11) is 0. The third-order valence-corrected chi connectivity index (χ3v) is 4.21. The van der Waals surface area contributed by atoms with E-state index < -0.39 is 12.3 Å². The lowest BCUT2D eigenvalue weighted by Gasteiger charge is -2.24. The molecule has 1 aliphatic rings. The lowest BCUT2D eigenvalue weighted by Crippen LogP contribution is -2.52. The molecule has 138 valence electrons. The predicted octanol–water partition coefficient (Wildman–Crippen LogP) is 1.92. The van der Waals surface area contributed by atoms with Crippen molar-refractivity contribution in [3.8, 4) is 0 Å². The van der Waals surface area contributed by atoms with Crippen molar-refractivity contribution in [1.29, 1.82) is 0 Å². The highest BCUT2D eigenvalue weighted by Crippen LogP contribution is 2.13. The molecule has 6 nitrogen and oxygen atoms in total. The molecular weight excluding hydrogens is 338 g/mol. The molecule has 1 amide bonds. The van der Waals surface area contributed by atoms with E-state index in [1.807, 2.05) is 45.0 Å². The number of carbonyl (C=O) groups is 1. The van der Waals surface area contributed by atoms with E-state index in [9.17, 15) is 9.90 Å². The molecule has 0 radical (unpaired) electrons. The first-order valence-electron chi connectivity index (χ1n) is 8.59. The number of thiocarbonyl (C=S) groups is 1. The van der Waals surface area contributed by atoms with Gasteiger partial charge in [0.2, 0.25) is 5.91 Å². The maximum Gasteiger partial charge on any atom is 0.242 e. The molecule has 0 spiro atoms. The van der Waals surface area contributed by atoms with Crippen LogP contribution < -0.4 is 16.0 Å². The van der Waals surface area contributed by atoms with Crippen LogP contribution in [0.1, 0.15) is 32.3 Å². The second-order valence-corrected chi connectivity index (χ2v) is 7.22. The number of aliphatic hydroxyl groups excluding tert-OH is 1. The van der Waals surface area contributed by atoms with Crippen LogP contribution >= 0.6 is 12.2 Å². The standard InChI is InChI=1S/C18H27N3O3S/c1-11(2)9-15(16(22)20-14-7-8-24-17(14)23)21-18(25)19-13-6-4-5-12(3)10-13/h4-6,10-11,14-15,17,23H,7-9H2,1-3H3,(H,20,22)(H2,19,21,25)/t14-,15-,17?/m0/s1. The van der Waals surface area contributed by atoms with Gasteiger partial charge in [0.15, 0.2) is 11.4 Å². The second-order valence-electron chi connectivity index (χ2n) is 6.82. The summed E-state index contributed by atoms with van der Waals surface area (Å²) in [6.07, 6.45) is 0.291. The van der Waals surface area contributed by atoms with Crippen molar-refractivity contribution in [2.45, 2.75) is 52.0 Å². The van der Waals surface area contributed by atoms with Gasteiger partial charge < -0.3 is 25.8 Å². The first-order chi connectivity index (χ1) is 11.8.